The summed E-state index contributed by atoms with van der Waals surface area (Å²) in [7, 11) is 0. The molecule has 3 heterocycles. The number of carbonyl (C=O) groups is 2. The van der Waals surface area contributed by atoms with E-state index in [4.69, 9.17) is 4.74 Å². The van der Waals surface area contributed by atoms with Gasteiger partial charge in [0, 0.05) is 30.8 Å². The van der Waals surface area contributed by atoms with Gasteiger partial charge in [-0.3, -0.25) is 19.0 Å². The van der Waals surface area contributed by atoms with Crippen LogP contribution in [0.4, 0.5) is 0 Å². The standard InChI is InChI=1S/C27H31N5O5/c1-17(2)15-31-25-19(14-28-32(25)27(36)23(26(31)35)24(34)29-20-9-10-20)8-11-22(33)30-12-13-37-16-21(30)18-6-4-3-5-7-18/h3-8,11,14,17,20-21,36H,9-10,12-13,15-16H2,1-2H3,(H,29,34). The number of hydrogen-bond donors (Lipinski definition) is 2. The first-order chi connectivity index (χ1) is 17.8. The highest BCUT2D eigenvalue weighted by Crippen LogP contribution is 2.26. The normalized spacial score (nSPS) is 18.1. The molecule has 0 spiro atoms. The van der Waals surface area contributed by atoms with E-state index in [1.165, 1.54) is 21.4 Å². The summed E-state index contributed by atoms with van der Waals surface area (Å²) in [6.45, 7) is 5.54. The molecule has 10 nitrogen and oxygen atoms in total. The first kappa shape index (κ1) is 24.8. The number of fused-ring (bicyclic) bond motifs is 1. The summed E-state index contributed by atoms with van der Waals surface area (Å²) < 4.78 is 8.27. The van der Waals surface area contributed by atoms with Crippen molar-refractivity contribution in [3.8, 4) is 5.88 Å². The van der Waals surface area contributed by atoms with Gasteiger partial charge in [0.1, 0.15) is 5.65 Å². The van der Waals surface area contributed by atoms with Crippen LogP contribution in [0.25, 0.3) is 11.7 Å². The average Bonchev–Trinajstić information content (AvgIpc) is 3.60. The van der Waals surface area contributed by atoms with E-state index in [0.717, 1.165) is 18.4 Å². The monoisotopic (exact) mass is 505 g/mol. The number of nitrogens with one attached hydrogen (secondary N) is 1. The molecule has 2 aromatic heterocycles. The Morgan fingerprint density at radius 2 is 2.00 bits per heavy atom. The first-order valence-corrected chi connectivity index (χ1v) is 12.6. The fourth-order valence-corrected chi connectivity index (χ4v) is 4.62. The minimum atomic E-state index is -0.605. The molecule has 5 rings (SSSR count). The molecule has 0 bridgehead atoms. The zero-order valence-electron chi connectivity index (χ0n) is 21.0. The van der Waals surface area contributed by atoms with E-state index in [2.05, 4.69) is 10.4 Å². The molecule has 1 aliphatic carbocycles. The number of aromatic nitrogens is 3. The van der Waals surface area contributed by atoms with Crippen molar-refractivity contribution in [3.63, 3.8) is 0 Å². The van der Waals surface area contributed by atoms with Gasteiger partial charge in [0.05, 0.1) is 25.5 Å². The zero-order valence-corrected chi connectivity index (χ0v) is 21.0. The molecular formula is C27H31N5O5. The fraction of sp³-hybridized carbons (Fsp3) is 0.407. The van der Waals surface area contributed by atoms with Crippen LogP contribution in [0, 0.1) is 5.92 Å². The number of ether oxygens (including phenoxy) is 1. The van der Waals surface area contributed by atoms with Crippen LogP contribution < -0.4 is 10.9 Å². The highest BCUT2D eigenvalue weighted by molar-refractivity contribution is 5.97. The number of carbonyl (C=O) groups excluding carboxylic acids is 2. The number of amides is 2. The smallest absolute Gasteiger partial charge is 0.270 e. The first-order valence-electron chi connectivity index (χ1n) is 12.6. The van der Waals surface area contributed by atoms with E-state index in [1.54, 1.807) is 11.0 Å². The van der Waals surface area contributed by atoms with Gasteiger partial charge in [-0.25, -0.2) is 0 Å². The third-order valence-corrected chi connectivity index (χ3v) is 6.60. The van der Waals surface area contributed by atoms with E-state index < -0.39 is 17.3 Å². The summed E-state index contributed by atoms with van der Waals surface area (Å²) in [5, 5.41) is 17.9. The predicted octanol–water partition coefficient (Wildman–Crippen LogP) is 2.36. The van der Waals surface area contributed by atoms with Gasteiger partial charge in [0.15, 0.2) is 5.56 Å². The van der Waals surface area contributed by atoms with E-state index >= 15 is 0 Å². The molecule has 2 aliphatic rings. The second kappa shape index (κ2) is 10.2. The SMILES string of the molecule is CC(C)Cn1c(=O)c(C(=O)NC2CC2)c(O)n2ncc(C=CC(=O)N3CCOCC3c3ccccc3)c12. The van der Waals surface area contributed by atoms with Gasteiger partial charge in [0.25, 0.3) is 11.5 Å². The van der Waals surface area contributed by atoms with Crippen molar-refractivity contribution in [2.75, 3.05) is 19.8 Å². The van der Waals surface area contributed by atoms with Crippen LogP contribution >= 0.6 is 0 Å². The molecule has 1 saturated carbocycles. The molecule has 1 saturated heterocycles. The fourth-order valence-electron chi connectivity index (χ4n) is 4.62. The Balaban J connectivity index is 1.50. The molecule has 1 aromatic carbocycles. The molecule has 0 radical (unpaired) electrons. The van der Waals surface area contributed by atoms with Crippen molar-refractivity contribution in [3.05, 3.63) is 69.6 Å². The van der Waals surface area contributed by atoms with Gasteiger partial charge >= 0.3 is 0 Å². The van der Waals surface area contributed by atoms with Gasteiger partial charge < -0.3 is 20.1 Å². The Morgan fingerprint density at radius 3 is 2.70 bits per heavy atom. The number of rotatable bonds is 7. The van der Waals surface area contributed by atoms with E-state index in [1.807, 2.05) is 44.2 Å². The average molecular weight is 506 g/mol. The Bertz CT molecular complexity index is 1400. The summed E-state index contributed by atoms with van der Waals surface area (Å²) in [5.74, 6) is -1.23. The Labute approximate surface area is 214 Å². The van der Waals surface area contributed by atoms with E-state index in [9.17, 15) is 19.5 Å². The molecule has 1 unspecified atom stereocenters. The molecule has 2 amide bonds. The quantitative estimate of drug-likeness (QED) is 0.476. The van der Waals surface area contributed by atoms with Crippen LogP contribution in [-0.2, 0) is 16.1 Å². The van der Waals surface area contributed by atoms with Gasteiger partial charge in [-0.15, -0.1) is 0 Å². The molecule has 2 N–H and O–H groups in total. The van der Waals surface area contributed by atoms with Crippen molar-refractivity contribution >= 4 is 23.5 Å². The second-order valence-corrected chi connectivity index (χ2v) is 9.96. The van der Waals surface area contributed by atoms with Gasteiger partial charge in [0.2, 0.25) is 11.8 Å². The van der Waals surface area contributed by atoms with Crippen molar-refractivity contribution in [2.24, 2.45) is 5.92 Å². The lowest BCUT2D eigenvalue weighted by Gasteiger charge is -2.35. The Hall–Kier alpha value is -3.92. The van der Waals surface area contributed by atoms with E-state index in [0.29, 0.717) is 37.5 Å². The molecular weight excluding hydrogens is 474 g/mol. The maximum absolute atomic E-state index is 13.4. The van der Waals surface area contributed by atoms with Crippen molar-refractivity contribution in [2.45, 2.75) is 45.3 Å². The maximum atomic E-state index is 13.4. The molecule has 3 aromatic rings. The van der Waals surface area contributed by atoms with Crippen LogP contribution in [-0.4, -0.2) is 61.8 Å². The number of morpholine rings is 1. The van der Waals surface area contributed by atoms with Crippen molar-refractivity contribution in [1.82, 2.24) is 24.4 Å². The summed E-state index contributed by atoms with van der Waals surface area (Å²) in [5.41, 5.74) is 0.891. The van der Waals surface area contributed by atoms with Crippen molar-refractivity contribution in [1.29, 1.82) is 0 Å². The molecule has 194 valence electrons. The largest absolute Gasteiger partial charge is 0.492 e. The van der Waals surface area contributed by atoms with Gasteiger partial charge in [-0.05, 0) is 30.4 Å². The van der Waals surface area contributed by atoms with Crippen molar-refractivity contribution < 1.29 is 19.4 Å². The van der Waals surface area contributed by atoms with Gasteiger partial charge in [-0.1, -0.05) is 44.2 Å². The minimum absolute atomic E-state index is 0.0302. The molecule has 10 heteroatoms. The molecule has 1 atom stereocenters. The van der Waals surface area contributed by atoms with Crippen LogP contribution in [0.15, 0.2) is 47.4 Å². The molecule has 2 fully saturated rings. The minimum Gasteiger partial charge on any atom is -0.492 e. The Morgan fingerprint density at radius 1 is 1.24 bits per heavy atom. The summed E-state index contributed by atoms with van der Waals surface area (Å²) >= 11 is 0. The lowest BCUT2D eigenvalue weighted by Crippen LogP contribution is -2.42. The topological polar surface area (TPSA) is 118 Å². The predicted molar refractivity (Wildman–Crippen MR) is 137 cm³/mol. The summed E-state index contributed by atoms with van der Waals surface area (Å²) in [4.78, 5) is 41.2. The van der Waals surface area contributed by atoms with Crippen LogP contribution in [0.5, 0.6) is 5.88 Å². The highest BCUT2D eigenvalue weighted by Gasteiger charge is 2.30. The molecule has 1 aliphatic heterocycles. The second-order valence-electron chi connectivity index (χ2n) is 9.96. The highest BCUT2D eigenvalue weighted by atomic mass is 16.5. The van der Waals surface area contributed by atoms with Crippen LogP contribution in [0.1, 0.15) is 54.2 Å². The van der Waals surface area contributed by atoms with E-state index in [-0.39, 0.29) is 29.5 Å². The lowest BCUT2D eigenvalue weighted by molar-refractivity contribution is -0.134. The summed E-state index contributed by atoms with van der Waals surface area (Å²) in [6, 6.07) is 9.56. The number of benzene rings is 1. The summed E-state index contributed by atoms with van der Waals surface area (Å²) in [6.07, 6.45) is 6.24. The third-order valence-electron chi connectivity index (χ3n) is 6.60. The van der Waals surface area contributed by atoms with Crippen LogP contribution in [0.2, 0.25) is 0 Å². The van der Waals surface area contributed by atoms with Gasteiger partial charge in [-0.2, -0.15) is 9.61 Å². The lowest BCUT2D eigenvalue weighted by atomic mass is 10.0. The molecule has 37 heavy (non-hydrogen) atoms. The Kier molecular flexibility index (Phi) is 6.84. The number of aromatic hydroxyl groups is 1. The van der Waals surface area contributed by atoms with Crippen LogP contribution in [0.3, 0.4) is 0 Å². The third kappa shape index (κ3) is 5.01. The number of nitrogens with zero attached hydrogens (tertiary/aromatic N) is 4. The number of hydrogen-bond acceptors (Lipinski definition) is 6. The zero-order chi connectivity index (χ0) is 26.1. The maximum Gasteiger partial charge on any atom is 0.270 e.